The monoisotopic (exact) mass is 413 g/mol. The quantitative estimate of drug-likeness (QED) is 0.345. The minimum absolute atomic E-state index is 0.211. The molecule has 4 nitrogen and oxygen atoms in total. The van der Waals surface area contributed by atoms with Crippen molar-refractivity contribution in [3.8, 4) is 16.9 Å². The molecule has 0 saturated carbocycles. The van der Waals surface area contributed by atoms with E-state index in [1.807, 2.05) is 42.0 Å². The van der Waals surface area contributed by atoms with Crippen LogP contribution in [0.2, 0.25) is 0 Å². The number of carbonyl (C=O) groups excluding carboxylic acids is 1. The predicted molar refractivity (Wildman–Crippen MR) is 124 cm³/mol. The lowest BCUT2D eigenvalue weighted by Gasteiger charge is -2.12. The van der Waals surface area contributed by atoms with Gasteiger partial charge in [0.25, 0.3) is 0 Å². The van der Waals surface area contributed by atoms with Crippen LogP contribution in [0.4, 0.5) is 0 Å². The Bertz CT molecular complexity index is 1200. The van der Waals surface area contributed by atoms with Gasteiger partial charge in [0.15, 0.2) is 0 Å². The van der Waals surface area contributed by atoms with Gasteiger partial charge in [-0.2, -0.15) is 0 Å². The first-order valence-electron chi connectivity index (χ1n) is 10.6. The van der Waals surface area contributed by atoms with Gasteiger partial charge in [0.2, 0.25) is 0 Å². The van der Waals surface area contributed by atoms with Gasteiger partial charge in [0.05, 0.1) is 6.61 Å². The molecule has 1 heterocycles. The molecule has 0 bridgehead atoms. The topological polar surface area (TPSA) is 40.5 Å². The van der Waals surface area contributed by atoms with Crippen LogP contribution in [-0.4, -0.2) is 17.1 Å². The van der Waals surface area contributed by atoms with E-state index in [1.165, 1.54) is 22.3 Å². The number of carbonyl (C=O) groups is 1. The summed E-state index contributed by atoms with van der Waals surface area (Å²) in [5, 5.41) is 1.03. The second-order valence-electron chi connectivity index (χ2n) is 7.73. The van der Waals surface area contributed by atoms with Crippen LogP contribution in [0.5, 0.6) is 5.75 Å². The summed E-state index contributed by atoms with van der Waals surface area (Å²) >= 11 is 0. The number of ether oxygens (including phenoxy) is 2. The van der Waals surface area contributed by atoms with Gasteiger partial charge in [-0.25, -0.2) is 0 Å². The van der Waals surface area contributed by atoms with E-state index in [9.17, 15) is 4.79 Å². The normalized spacial score (nSPS) is 10.9. The summed E-state index contributed by atoms with van der Waals surface area (Å²) in [4.78, 5) is 11.8. The van der Waals surface area contributed by atoms with Crippen molar-refractivity contribution in [2.75, 3.05) is 6.61 Å². The molecule has 0 fully saturated rings. The standard InChI is InChI=1S/C27H27NO3/c1-4-30-26(29)17-28-14-13-22-16-24(11-12-25(22)28)31-18-21-9-6-10-23(15-21)27-19(2)7-5-8-20(27)3/h5-16H,4,17-18H2,1-3H3. The lowest BCUT2D eigenvalue weighted by atomic mass is 9.95. The van der Waals surface area contributed by atoms with Crippen molar-refractivity contribution in [3.63, 3.8) is 0 Å². The third-order valence-electron chi connectivity index (χ3n) is 5.45. The van der Waals surface area contributed by atoms with Crippen molar-refractivity contribution in [1.82, 2.24) is 4.57 Å². The molecule has 4 rings (SSSR count). The summed E-state index contributed by atoms with van der Waals surface area (Å²) in [6.07, 6.45) is 1.90. The fourth-order valence-corrected chi connectivity index (χ4v) is 4.00. The smallest absolute Gasteiger partial charge is 0.325 e. The first-order valence-corrected chi connectivity index (χ1v) is 10.6. The molecular weight excluding hydrogens is 386 g/mol. The van der Waals surface area contributed by atoms with E-state index in [0.717, 1.165) is 22.2 Å². The average molecular weight is 414 g/mol. The summed E-state index contributed by atoms with van der Waals surface area (Å²) in [6.45, 7) is 7.20. The number of hydrogen-bond donors (Lipinski definition) is 0. The number of aromatic nitrogens is 1. The number of benzene rings is 3. The van der Waals surface area contributed by atoms with Gasteiger partial charge < -0.3 is 14.0 Å². The van der Waals surface area contributed by atoms with E-state index in [0.29, 0.717) is 13.2 Å². The fraction of sp³-hybridized carbons (Fsp3) is 0.222. The van der Waals surface area contributed by atoms with Gasteiger partial charge in [0, 0.05) is 17.1 Å². The molecule has 0 aliphatic carbocycles. The molecule has 0 radical (unpaired) electrons. The highest BCUT2D eigenvalue weighted by Crippen LogP contribution is 2.28. The molecule has 0 aliphatic rings. The number of rotatable bonds is 7. The summed E-state index contributed by atoms with van der Waals surface area (Å²) in [6, 6.07) is 22.8. The van der Waals surface area contributed by atoms with E-state index in [2.05, 4.69) is 56.3 Å². The molecule has 158 valence electrons. The largest absolute Gasteiger partial charge is 0.489 e. The van der Waals surface area contributed by atoms with Crippen molar-refractivity contribution >= 4 is 16.9 Å². The third kappa shape index (κ3) is 4.64. The fourth-order valence-electron chi connectivity index (χ4n) is 4.00. The van der Waals surface area contributed by atoms with Crippen molar-refractivity contribution in [3.05, 3.63) is 89.6 Å². The number of fused-ring (bicyclic) bond motifs is 1. The zero-order chi connectivity index (χ0) is 21.8. The van der Waals surface area contributed by atoms with Gasteiger partial charge in [0.1, 0.15) is 18.9 Å². The maximum atomic E-state index is 11.8. The third-order valence-corrected chi connectivity index (χ3v) is 5.45. The molecule has 4 heteroatoms. The molecule has 31 heavy (non-hydrogen) atoms. The second-order valence-corrected chi connectivity index (χ2v) is 7.73. The van der Waals surface area contributed by atoms with Crippen LogP contribution in [0.15, 0.2) is 72.9 Å². The Balaban J connectivity index is 1.49. The number of esters is 1. The van der Waals surface area contributed by atoms with Crippen LogP contribution >= 0.6 is 0 Å². The Hall–Kier alpha value is -3.53. The summed E-state index contributed by atoms with van der Waals surface area (Å²) < 4.78 is 13.0. The second kappa shape index (κ2) is 9.09. The van der Waals surface area contributed by atoms with Gasteiger partial charge in [-0.05, 0) is 78.9 Å². The van der Waals surface area contributed by atoms with Crippen LogP contribution in [0.1, 0.15) is 23.6 Å². The summed E-state index contributed by atoms with van der Waals surface area (Å²) in [7, 11) is 0. The zero-order valence-electron chi connectivity index (χ0n) is 18.2. The molecule has 1 aromatic heterocycles. The van der Waals surface area contributed by atoms with E-state index in [1.54, 1.807) is 0 Å². The van der Waals surface area contributed by atoms with Gasteiger partial charge >= 0.3 is 5.97 Å². The highest BCUT2D eigenvalue weighted by atomic mass is 16.5. The first-order chi connectivity index (χ1) is 15.0. The maximum Gasteiger partial charge on any atom is 0.325 e. The first kappa shape index (κ1) is 20.7. The Morgan fingerprint density at radius 3 is 2.48 bits per heavy atom. The van der Waals surface area contributed by atoms with Crippen LogP contribution in [0, 0.1) is 13.8 Å². The van der Waals surface area contributed by atoms with E-state index >= 15 is 0 Å². The summed E-state index contributed by atoms with van der Waals surface area (Å²) in [5.41, 5.74) is 7.15. The molecule has 3 aromatic carbocycles. The van der Waals surface area contributed by atoms with Gasteiger partial charge in [-0.15, -0.1) is 0 Å². The van der Waals surface area contributed by atoms with E-state index in [4.69, 9.17) is 9.47 Å². The molecule has 0 saturated heterocycles. The zero-order valence-corrected chi connectivity index (χ0v) is 18.2. The lowest BCUT2D eigenvalue weighted by molar-refractivity contribution is -0.143. The summed E-state index contributed by atoms with van der Waals surface area (Å²) in [5.74, 6) is 0.572. The van der Waals surface area contributed by atoms with Crippen molar-refractivity contribution in [2.24, 2.45) is 0 Å². The van der Waals surface area contributed by atoms with Crippen molar-refractivity contribution < 1.29 is 14.3 Å². The molecule has 0 N–H and O–H groups in total. The number of nitrogens with zero attached hydrogens (tertiary/aromatic N) is 1. The highest BCUT2D eigenvalue weighted by molar-refractivity contribution is 5.83. The van der Waals surface area contributed by atoms with Crippen LogP contribution in [0.25, 0.3) is 22.0 Å². The SMILES string of the molecule is CCOC(=O)Cn1ccc2cc(OCc3cccc(-c4c(C)cccc4C)c3)ccc21. The molecule has 4 aromatic rings. The van der Waals surface area contributed by atoms with Crippen LogP contribution < -0.4 is 4.74 Å². The molecule has 0 atom stereocenters. The van der Waals surface area contributed by atoms with E-state index in [-0.39, 0.29) is 12.5 Å². The number of hydrogen-bond acceptors (Lipinski definition) is 3. The molecule has 0 aliphatic heterocycles. The Labute approximate surface area is 183 Å². The van der Waals surface area contributed by atoms with Gasteiger partial charge in [-0.1, -0.05) is 36.4 Å². The lowest BCUT2D eigenvalue weighted by Crippen LogP contribution is -2.12. The van der Waals surface area contributed by atoms with Crippen molar-refractivity contribution in [1.29, 1.82) is 0 Å². The molecular formula is C27H27NO3. The average Bonchev–Trinajstić information content (AvgIpc) is 3.14. The Morgan fingerprint density at radius 2 is 1.71 bits per heavy atom. The highest BCUT2D eigenvalue weighted by Gasteiger charge is 2.09. The van der Waals surface area contributed by atoms with Crippen LogP contribution in [0.3, 0.4) is 0 Å². The minimum atomic E-state index is -0.232. The van der Waals surface area contributed by atoms with Crippen LogP contribution in [-0.2, 0) is 22.7 Å². The minimum Gasteiger partial charge on any atom is -0.489 e. The Morgan fingerprint density at radius 1 is 0.935 bits per heavy atom. The predicted octanol–water partition coefficient (Wildman–Crippen LogP) is 6.07. The van der Waals surface area contributed by atoms with E-state index < -0.39 is 0 Å². The molecule has 0 amide bonds. The van der Waals surface area contributed by atoms with Crippen molar-refractivity contribution in [2.45, 2.75) is 33.9 Å². The maximum absolute atomic E-state index is 11.8. The van der Waals surface area contributed by atoms with Gasteiger partial charge in [-0.3, -0.25) is 4.79 Å². The molecule has 0 spiro atoms. The molecule has 0 unspecified atom stereocenters. The number of aryl methyl sites for hydroxylation is 2. The Kier molecular flexibility index (Phi) is 6.08.